The Hall–Kier alpha value is -3.17. The Labute approximate surface area is 195 Å². The van der Waals surface area contributed by atoms with E-state index in [1.54, 1.807) is 24.3 Å². The molecule has 0 bridgehead atoms. The first-order valence-corrected chi connectivity index (χ1v) is 11.9. The third-order valence-corrected chi connectivity index (χ3v) is 6.43. The minimum Gasteiger partial charge on any atom is -0.326 e. The Morgan fingerprint density at radius 2 is 1.62 bits per heavy atom. The van der Waals surface area contributed by atoms with E-state index >= 15 is 0 Å². The third-order valence-electron chi connectivity index (χ3n) is 4.36. The number of anilines is 3. The van der Waals surface area contributed by atoms with Gasteiger partial charge in [0.2, 0.25) is 17.7 Å². The van der Waals surface area contributed by atoms with Crippen LogP contribution in [0.5, 0.6) is 0 Å². The van der Waals surface area contributed by atoms with Gasteiger partial charge in [0, 0.05) is 29.4 Å². The maximum atomic E-state index is 12.4. The molecule has 0 radical (unpaired) electrons. The van der Waals surface area contributed by atoms with Gasteiger partial charge in [-0.25, -0.2) is 4.98 Å². The number of para-hydroxylation sites is 1. The quantitative estimate of drug-likeness (QED) is 0.399. The van der Waals surface area contributed by atoms with Crippen molar-refractivity contribution in [1.29, 1.82) is 0 Å². The predicted octanol–water partition coefficient (Wildman–Crippen LogP) is 4.58. The summed E-state index contributed by atoms with van der Waals surface area (Å²) in [5, 5.41) is 10.3. The summed E-state index contributed by atoms with van der Waals surface area (Å²) in [6.45, 7) is 3.49. The van der Waals surface area contributed by atoms with Gasteiger partial charge >= 0.3 is 0 Å². The van der Waals surface area contributed by atoms with Crippen molar-refractivity contribution in [2.24, 2.45) is 0 Å². The molecule has 0 fully saturated rings. The molecule has 1 aromatic heterocycles. The molecule has 0 atom stereocenters. The summed E-state index contributed by atoms with van der Waals surface area (Å²) in [6, 6.07) is 14.6. The number of hydrogen-bond acceptors (Lipinski definition) is 6. The third kappa shape index (κ3) is 7.21. The maximum Gasteiger partial charge on any atom is 0.234 e. The van der Waals surface area contributed by atoms with Gasteiger partial charge < -0.3 is 16.0 Å². The molecule has 0 unspecified atom stereocenters. The molecule has 3 aromatic rings. The number of carbonyl (C=O) groups excluding carboxylic acids is 3. The smallest absolute Gasteiger partial charge is 0.234 e. The fraction of sp³-hybridized carbons (Fsp3) is 0.217. The molecule has 3 amide bonds. The minimum atomic E-state index is -0.159. The summed E-state index contributed by atoms with van der Waals surface area (Å²) in [6.07, 6.45) is 1.03. The molecule has 0 saturated heterocycles. The van der Waals surface area contributed by atoms with Crippen LogP contribution in [0.15, 0.2) is 58.3 Å². The summed E-state index contributed by atoms with van der Waals surface area (Å²) in [5.41, 5.74) is 3.91. The summed E-state index contributed by atoms with van der Waals surface area (Å²) in [5.74, 6) is -0.221. The molecule has 3 N–H and O–H groups in total. The van der Waals surface area contributed by atoms with Gasteiger partial charge in [-0.2, -0.15) is 0 Å². The highest BCUT2D eigenvalue weighted by Gasteiger charge is 2.11. The molecule has 32 heavy (non-hydrogen) atoms. The van der Waals surface area contributed by atoms with Gasteiger partial charge in [0.25, 0.3) is 0 Å². The highest BCUT2D eigenvalue weighted by atomic mass is 32.2. The van der Waals surface area contributed by atoms with E-state index < -0.39 is 0 Å². The fourth-order valence-electron chi connectivity index (χ4n) is 2.91. The molecule has 3 rings (SSSR count). The predicted molar refractivity (Wildman–Crippen MR) is 130 cm³/mol. The van der Waals surface area contributed by atoms with Gasteiger partial charge in [0.1, 0.15) is 0 Å². The Morgan fingerprint density at radius 1 is 0.938 bits per heavy atom. The van der Waals surface area contributed by atoms with Crippen LogP contribution in [0.4, 0.5) is 17.1 Å². The first-order valence-electron chi connectivity index (χ1n) is 10.1. The van der Waals surface area contributed by atoms with Crippen LogP contribution in [0.25, 0.3) is 0 Å². The van der Waals surface area contributed by atoms with E-state index in [0.717, 1.165) is 22.0 Å². The second-order valence-electron chi connectivity index (χ2n) is 6.94. The Morgan fingerprint density at radius 3 is 2.31 bits per heavy atom. The topological polar surface area (TPSA) is 100 Å². The minimum absolute atomic E-state index is 0.117. The highest BCUT2D eigenvalue weighted by Crippen LogP contribution is 2.24. The van der Waals surface area contributed by atoms with Crippen LogP contribution in [0.2, 0.25) is 0 Å². The monoisotopic (exact) mass is 468 g/mol. The maximum absolute atomic E-state index is 12.4. The number of benzene rings is 2. The average molecular weight is 469 g/mol. The zero-order valence-electron chi connectivity index (χ0n) is 17.8. The van der Waals surface area contributed by atoms with Gasteiger partial charge in [-0.15, -0.1) is 11.3 Å². The van der Waals surface area contributed by atoms with E-state index in [1.165, 1.54) is 30.0 Å². The van der Waals surface area contributed by atoms with E-state index in [2.05, 4.69) is 20.9 Å². The van der Waals surface area contributed by atoms with Crippen molar-refractivity contribution in [2.45, 2.75) is 31.0 Å². The van der Waals surface area contributed by atoms with Gasteiger partial charge in [0.05, 0.1) is 17.9 Å². The lowest BCUT2D eigenvalue weighted by atomic mass is 10.1. The van der Waals surface area contributed by atoms with E-state index in [0.29, 0.717) is 17.1 Å². The van der Waals surface area contributed by atoms with Crippen LogP contribution < -0.4 is 16.0 Å². The fourth-order valence-corrected chi connectivity index (χ4v) is 4.55. The van der Waals surface area contributed by atoms with Crippen LogP contribution in [-0.4, -0.2) is 28.5 Å². The lowest BCUT2D eigenvalue weighted by Gasteiger charge is -2.08. The number of carbonyl (C=O) groups is 3. The molecule has 7 nitrogen and oxygen atoms in total. The first kappa shape index (κ1) is 23.5. The van der Waals surface area contributed by atoms with Crippen molar-refractivity contribution in [3.63, 3.8) is 0 Å². The number of amides is 3. The number of aromatic nitrogens is 1. The molecule has 0 aliphatic carbocycles. The van der Waals surface area contributed by atoms with E-state index in [1.807, 2.05) is 36.6 Å². The Bertz CT molecular complexity index is 1100. The summed E-state index contributed by atoms with van der Waals surface area (Å²) in [7, 11) is 0. The summed E-state index contributed by atoms with van der Waals surface area (Å²) in [4.78, 5) is 40.1. The standard InChI is InChI=1S/C23H24N4O3S2/c1-3-16-6-4-5-7-20(16)27-21(29)12-19-13-31-23(26-19)32-14-22(30)25-18-10-8-17(9-11-18)24-15(2)28/h4-11,13H,3,12,14H2,1-2H3,(H,24,28)(H,25,30)(H,27,29). The first-order chi connectivity index (χ1) is 15.4. The molecule has 9 heteroatoms. The highest BCUT2D eigenvalue weighted by molar-refractivity contribution is 8.01. The van der Waals surface area contributed by atoms with Gasteiger partial charge in [-0.3, -0.25) is 14.4 Å². The molecule has 0 aliphatic heterocycles. The van der Waals surface area contributed by atoms with E-state index in [4.69, 9.17) is 0 Å². The second kappa shape index (κ2) is 11.4. The SMILES string of the molecule is CCc1ccccc1NC(=O)Cc1csc(SCC(=O)Nc2ccc(NC(C)=O)cc2)n1. The second-order valence-corrected chi connectivity index (χ2v) is 9.02. The van der Waals surface area contributed by atoms with Gasteiger partial charge in [-0.1, -0.05) is 36.9 Å². The normalized spacial score (nSPS) is 10.4. The molecule has 0 saturated carbocycles. The number of nitrogens with one attached hydrogen (secondary N) is 3. The van der Waals surface area contributed by atoms with Crippen LogP contribution in [-0.2, 0) is 27.2 Å². The van der Waals surface area contributed by atoms with Gasteiger partial charge in [0.15, 0.2) is 4.34 Å². The van der Waals surface area contributed by atoms with Crippen molar-refractivity contribution in [3.8, 4) is 0 Å². The zero-order chi connectivity index (χ0) is 22.9. The largest absolute Gasteiger partial charge is 0.326 e. The summed E-state index contributed by atoms with van der Waals surface area (Å²) < 4.78 is 0.734. The van der Waals surface area contributed by atoms with Crippen molar-refractivity contribution >= 4 is 57.9 Å². The number of thiazole rings is 1. The van der Waals surface area contributed by atoms with Crippen molar-refractivity contribution < 1.29 is 14.4 Å². The van der Waals surface area contributed by atoms with Crippen LogP contribution in [0.1, 0.15) is 25.1 Å². The molecule has 2 aromatic carbocycles. The molecule has 1 heterocycles. The molecule has 0 spiro atoms. The van der Waals surface area contributed by atoms with Crippen LogP contribution >= 0.6 is 23.1 Å². The van der Waals surface area contributed by atoms with Crippen LogP contribution in [0.3, 0.4) is 0 Å². The molecular weight excluding hydrogens is 444 g/mol. The number of aryl methyl sites for hydroxylation is 1. The lowest BCUT2D eigenvalue weighted by Crippen LogP contribution is -2.15. The van der Waals surface area contributed by atoms with Crippen molar-refractivity contribution in [1.82, 2.24) is 4.98 Å². The van der Waals surface area contributed by atoms with E-state index in [-0.39, 0.29) is 29.9 Å². The Balaban J connectivity index is 1.46. The number of nitrogens with zero attached hydrogens (tertiary/aromatic N) is 1. The van der Waals surface area contributed by atoms with Crippen molar-refractivity contribution in [3.05, 3.63) is 65.2 Å². The number of thioether (sulfide) groups is 1. The zero-order valence-corrected chi connectivity index (χ0v) is 19.4. The molecular formula is C23H24N4O3S2. The molecule has 0 aliphatic rings. The number of hydrogen-bond donors (Lipinski definition) is 3. The van der Waals surface area contributed by atoms with E-state index in [9.17, 15) is 14.4 Å². The number of rotatable bonds is 9. The van der Waals surface area contributed by atoms with Crippen molar-refractivity contribution in [2.75, 3.05) is 21.7 Å². The van der Waals surface area contributed by atoms with Crippen LogP contribution in [0, 0.1) is 0 Å². The Kier molecular flexibility index (Phi) is 8.41. The average Bonchev–Trinajstić information content (AvgIpc) is 3.21. The molecule has 166 valence electrons. The van der Waals surface area contributed by atoms with Gasteiger partial charge in [-0.05, 0) is 42.3 Å². The summed E-state index contributed by atoms with van der Waals surface area (Å²) >= 11 is 2.74. The lowest BCUT2D eigenvalue weighted by molar-refractivity contribution is -0.116.